The molecule has 136 valence electrons. The molecule has 0 bridgehead atoms. The zero-order chi connectivity index (χ0) is 19.3. The first-order valence-corrected chi connectivity index (χ1v) is 8.19. The molecule has 0 radical (unpaired) electrons. The number of carboxylic acids is 1. The minimum Gasteiger partial charge on any atom is -0.478 e. The molecule has 6 heteroatoms. The normalized spacial score (nSPS) is 10.9. The van der Waals surface area contributed by atoms with Gasteiger partial charge in [-0.25, -0.2) is 4.79 Å². The Kier molecular flexibility index (Phi) is 5.77. The van der Waals surface area contributed by atoms with E-state index in [4.69, 9.17) is 5.11 Å². The first-order valence-electron chi connectivity index (χ1n) is 8.19. The van der Waals surface area contributed by atoms with Gasteiger partial charge >= 0.3 is 5.97 Å². The minimum atomic E-state index is -1.03. The van der Waals surface area contributed by atoms with Crippen molar-refractivity contribution in [1.82, 2.24) is 5.32 Å². The zero-order valence-corrected chi connectivity index (χ0v) is 15.0. The van der Waals surface area contributed by atoms with E-state index in [2.05, 4.69) is 10.6 Å². The molecule has 0 saturated carbocycles. The molecule has 0 aliphatic heterocycles. The molecule has 2 amide bonds. The summed E-state index contributed by atoms with van der Waals surface area (Å²) in [6.07, 6.45) is 0.0629. The van der Waals surface area contributed by atoms with Crippen LogP contribution >= 0.6 is 0 Å². The van der Waals surface area contributed by atoms with Gasteiger partial charge in [-0.05, 0) is 62.7 Å². The summed E-state index contributed by atoms with van der Waals surface area (Å²) in [5.74, 6) is -1.48. The monoisotopic (exact) mass is 354 g/mol. The van der Waals surface area contributed by atoms with Crippen LogP contribution in [0.5, 0.6) is 0 Å². The number of benzene rings is 2. The van der Waals surface area contributed by atoms with Crippen molar-refractivity contribution >= 4 is 23.5 Å². The smallest absolute Gasteiger partial charge is 0.335 e. The van der Waals surface area contributed by atoms with Gasteiger partial charge in [-0.2, -0.15) is 0 Å². The highest BCUT2D eigenvalue weighted by Crippen LogP contribution is 2.12. The van der Waals surface area contributed by atoms with Gasteiger partial charge in [-0.3, -0.25) is 9.59 Å². The average molecular weight is 354 g/mol. The lowest BCUT2D eigenvalue weighted by atomic mass is 10.1. The standard InChI is InChI=1S/C20H22N2O4/c1-20(2,3)22-18(24)14-7-9-16(10-8-14)21-17(23)12-13-5-4-6-15(11-13)19(25)26/h4-11H,12H2,1-3H3,(H,21,23)(H,22,24)(H,25,26). The van der Waals surface area contributed by atoms with Crippen molar-refractivity contribution in [3.8, 4) is 0 Å². The van der Waals surface area contributed by atoms with Crippen molar-refractivity contribution in [3.63, 3.8) is 0 Å². The van der Waals surface area contributed by atoms with Gasteiger partial charge in [0, 0.05) is 16.8 Å². The zero-order valence-electron chi connectivity index (χ0n) is 15.0. The first-order chi connectivity index (χ1) is 12.1. The first kappa shape index (κ1) is 19.2. The summed E-state index contributed by atoms with van der Waals surface area (Å²) in [5, 5.41) is 14.6. The third kappa shape index (κ3) is 5.73. The number of hydrogen-bond acceptors (Lipinski definition) is 3. The van der Waals surface area contributed by atoms with E-state index >= 15 is 0 Å². The molecular formula is C20H22N2O4. The fraction of sp³-hybridized carbons (Fsp3) is 0.250. The summed E-state index contributed by atoms with van der Waals surface area (Å²) in [4.78, 5) is 35.2. The van der Waals surface area contributed by atoms with Crippen LogP contribution in [0, 0.1) is 0 Å². The van der Waals surface area contributed by atoms with Crippen LogP contribution in [-0.4, -0.2) is 28.4 Å². The topological polar surface area (TPSA) is 95.5 Å². The van der Waals surface area contributed by atoms with Gasteiger partial charge in [-0.15, -0.1) is 0 Å². The van der Waals surface area contributed by atoms with Crippen LogP contribution < -0.4 is 10.6 Å². The average Bonchev–Trinajstić information content (AvgIpc) is 2.54. The predicted molar refractivity (Wildman–Crippen MR) is 99.4 cm³/mol. The largest absolute Gasteiger partial charge is 0.478 e. The van der Waals surface area contributed by atoms with Gasteiger partial charge in [0.25, 0.3) is 5.91 Å². The molecule has 0 atom stereocenters. The Hall–Kier alpha value is -3.15. The molecule has 0 heterocycles. The molecule has 0 spiro atoms. The number of aromatic carboxylic acids is 1. The summed E-state index contributed by atoms with van der Waals surface area (Å²) in [6, 6.07) is 12.9. The summed E-state index contributed by atoms with van der Waals surface area (Å²) in [5.41, 5.74) is 1.51. The van der Waals surface area contributed by atoms with Crippen LogP contribution in [0.1, 0.15) is 47.1 Å². The van der Waals surface area contributed by atoms with Crippen LogP contribution in [0.3, 0.4) is 0 Å². The van der Waals surface area contributed by atoms with E-state index in [1.807, 2.05) is 20.8 Å². The number of anilines is 1. The van der Waals surface area contributed by atoms with Crippen LogP contribution in [0.15, 0.2) is 48.5 Å². The molecule has 0 aliphatic rings. The number of amides is 2. The highest BCUT2D eigenvalue weighted by molar-refractivity contribution is 5.96. The number of carboxylic acid groups (broad SMARTS) is 1. The Labute approximate surface area is 152 Å². The maximum absolute atomic E-state index is 12.1. The molecule has 3 N–H and O–H groups in total. The highest BCUT2D eigenvalue weighted by Gasteiger charge is 2.15. The maximum atomic E-state index is 12.1. The van der Waals surface area contributed by atoms with Gasteiger partial charge in [0.15, 0.2) is 0 Å². The Morgan fingerprint density at radius 3 is 2.19 bits per heavy atom. The molecule has 2 rings (SSSR count). The Morgan fingerprint density at radius 1 is 0.962 bits per heavy atom. The van der Waals surface area contributed by atoms with E-state index in [-0.39, 0.29) is 29.3 Å². The quantitative estimate of drug-likeness (QED) is 0.769. The van der Waals surface area contributed by atoms with Gasteiger partial charge in [0.1, 0.15) is 0 Å². The Bertz CT molecular complexity index is 820. The molecule has 6 nitrogen and oxygen atoms in total. The maximum Gasteiger partial charge on any atom is 0.335 e. The second-order valence-electron chi connectivity index (χ2n) is 7.01. The molecule has 0 aromatic heterocycles. The number of hydrogen-bond donors (Lipinski definition) is 3. The molecule has 0 aliphatic carbocycles. The van der Waals surface area contributed by atoms with Gasteiger partial charge < -0.3 is 15.7 Å². The van der Waals surface area contributed by atoms with Crippen LogP contribution in [0.2, 0.25) is 0 Å². The van der Waals surface area contributed by atoms with Crippen molar-refractivity contribution in [3.05, 3.63) is 65.2 Å². The summed E-state index contributed by atoms with van der Waals surface area (Å²) in [6.45, 7) is 5.70. The lowest BCUT2D eigenvalue weighted by Crippen LogP contribution is -2.40. The second kappa shape index (κ2) is 7.82. The van der Waals surface area contributed by atoms with Crippen LogP contribution in [0.25, 0.3) is 0 Å². The van der Waals surface area contributed by atoms with Crippen molar-refractivity contribution in [2.75, 3.05) is 5.32 Å². The van der Waals surface area contributed by atoms with E-state index in [9.17, 15) is 14.4 Å². The summed E-state index contributed by atoms with van der Waals surface area (Å²) < 4.78 is 0. The number of nitrogens with one attached hydrogen (secondary N) is 2. The van der Waals surface area contributed by atoms with Gasteiger partial charge in [0.2, 0.25) is 5.91 Å². The van der Waals surface area contributed by atoms with Crippen molar-refractivity contribution in [2.24, 2.45) is 0 Å². The van der Waals surface area contributed by atoms with Gasteiger partial charge in [-0.1, -0.05) is 12.1 Å². The van der Waals surface area contributed by atoms with Crippen molar-refractivity contribution < 1.29 is 19.5 Å². The van der Waals surface area contributed by atoms with E-state index in [0.29, 0.717) is 16.8 Å². The number of carbonyl (C=O) groups excluding carboxylic acids is 2. The van der Waals surface area contributed by atoms with Crippen LogP contribution in [-0.2, 0) is 11.2 Å². The SMILES string of the molecule is CC(C)(C)NC(=O)c1ccc(NC(=O)Cc2cccc(C(=O)O)c2)cc1. The highest BCUT2D eigenvalue weighted by atomic mass is 16.4. The fourth-order valence-corrected chi connectivity index (χ4v) is 2.32. The predicted octanol–water partition coefficient (Wildman–Crippen LogP) is 3.09. The third-order valence-corrected chi connectivity index (χ3v) is 3.46. The molecule has 2 aromatic rings. The van der Waals surface area contributed by atoms with Crippen LogP contribution in [0.4, 0.5) is 5.69 Å². The van der Waals surface area contributed by atoms with Gasteiger partial charge in [0.05, 0.1) is 12.0 Å². The van der Waals surface area contributed by atoms with E-state index in [0.717, 1.165) is 0 Å². The van der Waals surface area contributed by atoms with E-state index in [1.54, 1.807) is 36.4 Å². The number of rotatable bonds is 5. The molecular weight excluding hydrogens is 332 g/mol. The Morgan fingerprint density at radius 2 is 1.62 bits per heavy atom. The van der Waals surface area contributed by atoms with Crippen molar-refractivity contribution in [2.45, 2.75) is 32.7 Å². The minimum absolute atomic E-state index is 0.0629. The lowest BCUT2D eigenvalue weighted by Gasteiger charge is -2.20. The molecule has 0 fully saturated rings. The van der Waals surface area contributed by atoms with E-state index < -0.39 is 5.97 Å². The second-order valence-corrected chi connectivity index (χ2v) is 7.01. The molecule has 0 unspecified atom stereocenters. The third-order valence-electron chi connectivity index (χ3n) is 3.46. The fourth-order valence-electron chi connectivity index (χ4n) is 2.32. The number of carbonyl (C=O) groups is 3. The van der Waals surface area contributed by atoms with E-state index in [1.165, 1.54) is 12.1 Å². The molecule has 26 heavy (non-hydrogen) atoms. The summed E-state index contributed by atoms with van der Waals surface area (Å²) >= 11 is 0. The molecule has 0 saturated heterocycles. The lowest BCUT2D eigenvalue weighted by molar-refractivity contribution is -0.115. The Balaban J connectivity index is 1.98. The summed E-state index contributed by atoms with van der Waals surface area (Å²) in [7, 11) is 0. The van der Waals surface area contributed by atoms with Crippen molar-refractivity contribution in [1.29, 1.82) is 0 Å². The molecule has 2 aromatic carbocycles.